The van der Waals surface area contributed by atoms with Crippen LogP contribution in [0.5, 0.6) is 0 Å². The van der Waals surface area contributed by atoms with Crippen LogP contribution < -0.4 is 5.32 Å². The number of amides is 1. The van der Waals surface area contributed by atoms with Gasteiger partial charge in [0.25, 0.3) is 0 Å². The normalized spacial score (nSPS) is 17.6. The van der Waals surface area contributed by atoms with Gasteiger partial charge in [0.1, 0.15) is 0 Å². The summed E-state index contributed by atoms with van der Waals surface area (Å²) < 4.78 is 6.10. The van der Waals surface area contributed by atoms with E-state index in [-0.39, 0.29) is 11.3 Å². The van der Waals surface area contributed by atoms with Crippen LogP contribution in [0, 0.1) is 5.41 Å². The third-order valence-corrected chi connectivity index (χ3v) is 3.49. The molecule has 1 heterocycles. The van der Waals surface area contributed by atoms with Crippen LogP contribution in [-0.2, 0) is 9.53 Å². The summed E-state index contributed by atoms with van der Waals surface area (Å²) >= 11 is 3.37. The van der Waals surface area contributed by atoms with Crippen LogP contribution in [0.3, 0.4) is 0 Å². The van der Waals surface area contributed by atoms with Gasteiger partial charge in [0.05, 0.1) is 18.6 Å². The van der Waals surface area contributed by atoms with E-state index in [4.69, 9.17) is 4.74 Å². The highest BCUT2D eigenvalue weighted by molar-refractivity contribution is 9.10. The highest BCUT2D eigenvalue weighted by Gasteiger charge is 2.44. The number of hydrogen-bond donors (Lipinski definition) is 1. The average molecular weight is 284 g/mol. The van der Waals surface area contributed by atoms with Gasteiger partial charge in [-0.15, -0.1) is 0 Å². The van der Waals surface area contributed by atoms with Gasteiger partial charge in [-0.05, 0) is 24.6 Å². The molecule has 0 radical (unpaired) electrons. The lowest BCUT2D eigenvalue weighted by Gasteiger charge is -2.38. The van der Waals surface area contributed by atoms with E-state index in [0.717, 1.165) is 16.6 Å². The standard InChI is InChI=1S/C12H14BrNO2/c1-2-12(7-16-8-12)11(15)14-10-5-3-4-9(13)6-10/h3-6H,2,7-8H2,1H3,(H,14,15). The van der Waals surface area contributed by atoms with Gasteiger partial charge in [-0.3, -0.25) is 4.79 Å². The molecule has 3 nitrogen and oxygen atoms in total. The largest absolute Gasteiger partial charge is 0.379 e. The Morgan fingerprint density at radius 3 is 2.81 bits per heavy atom. The molecule has 1 amide bonds. The maximum atomic E-state index is 12.1. The van der Waals surface area contributed by atoms with Gasteiger partial charge >= 0.3 is 0 Å². The van der Waals surface area contributed by atoms with Crippen molar-refractivity contribution in [3.05, 3.63) is 28.7 Å². The average Bonchev–Trinajstić information content (AvgIpc) is 2.16. The Kier molecular flexibility index (Phi) is 3.30. The fourth-order valence-electron chi connectivity index (χ4n) is 1.67. The van der Waals surface area contributed by atoms with Gasteiger partial charge < -0.3 is 10.1 Å². The van der Waals surface area contributed by atoms with E-state index in [0.29, 0.717) is 13.2 Å². The summed E-state index contributed by atoms with van der Waals surface area (Å²) in [7, 11) is 0. The SMILES string of the molecule is CCC1(C(=O)Nc2cccc(Br)c2)COC1. The van der Waals surface area contributed by atoms with E-state index >= 15 is 0 Å². The Balaban J connectivity index is 2.07. The van der Waals surface area contributed by atoms with Crippen molar-refractivity contribution >= 4 is 27.5 Å². The van der Waals surface area contributed by atoms with Gasteiger partial charge in [0.15, 0.2) is 0 Å². The molecular formula is C12H14BrNO2. The molecule has 1 aliphatic heterocycles. The van der Waals surface area contributed by atoms with Gasteiger partial charge in [-0.2, -0.15) is 0 Å². The molecule has 0 bridgehead atoms. The molecule has 0 aromatic heterocycles. The minimum Gasteiger partial charge on any atom is -0.379 e. The van der Waals surface area contributed by atoms with Crippen LogP contribution in [0.25, 0.3) is 0 Å². The van der Waals surface area contributed by atoms with Crippen LogP contribution in [-0.4, -0.2) is 19.1 Å². The van der Waals surface area contributed by atoms with Crippen molar-refractivity contribution in [1.29, 1.82) is 0 Å². The van der Waals surface area contributed by atoms with Gasteiger partial charge in [0, 0.05) is 10.2 Å². The third kappa shape index (κ3) is 2.13. The molecule has 1 aromatic rings. The van der Waals surface area contributed by atoms with Crippen LogP contribution in [0.2, 0.25) is 0 Å². The predicted molar refractivity (Wildman–Crippen MR) is 66.3 cm³/mol. The number of halogens is 1. The first-order valence-electron chi connectivity index (χ1n) is 5.31. The first kappa shape index (κ1) is 11.6. The van der Waals surface area contributed by atoms with Crippen molar-refractivity contribution in [3.63, 3.8) is 0 Å². The minimum absolute atomic E-state index is 0.0550. The number of nitrogens with one attached hydrogen (secondary N) is 1. The Morgan fingerprint density at radius 2 is 2.31 bits per heavy atom. The lowest BCUT2D eigenvalue weighted by atomic mass is 9.82. The molecule has 2 rings (SSSR count). The lowest BCUT2D eigenvalue weighted by Crippen LogP contribution is -2.51. The number of carbonyl (C=O) groups excluding carboxylic acids is 1. The molecule has 0 spiro atoms. The van der Waals surface area contributed by atoms with Gasteiger partial charge in [0.2, 0.25) is 5.91 Å². The number of rotatable bonds is 3. The summed E-state index contributed by atoms with van der Waals surface area (Å²) in [6, 6.07) is 7.60. The second kappa shape index (κ2) is 4.55. The number of anilines is 1. The minimum atomic E-state index is -0.317. The van der Waals surface area contributed by atoms with Crippen LogP contribution in [0.15, 0.2) is 28.7 Å². The topological polar surface area (TPSA) is 38.3 Å². The first-order chi connectivity index (χ1) is 7.66. The second-order valence-electron chi connectivity index (χ2n) is 4.09. The summed E-state index contributed by atoms with van der Waals surface area (Å²) in [4.78, 5) is 12.1. The molecular weight excluding hydrogens is 270 g/mol. The van der Waals surface area contributed by atoms with E-state index in [1.165, 1.54) is 0 Å². The van der Waals surface area contributed by atoms with Gasteiger partial charge in [-0.1, -0.05) is 28.9 Å². The maximum Gasteiger partial charge on any atom is 0.235 e. The van der Waals surface area contributed by atoms with Crippen molar-refractivity contribution in [1.82, 2.24) is 0 Å². The lowest BCUT2D eigenvalue weighted by molar-refractivity contribution is -0.156. The molecule has 1 aliphatic rings. The summed E-state index contributed by atoms with van der Waals surface area (Å²) in [5, 5.41) is 2.93. The smallest absolute Gasteiger partial charge is 0.235 e. The third-order valence-electron chi connectivity index (χ3n) is 3.00. The van der Waals surface area contributed by atoms with Crippen molar-refractivity contribution in [2.75, 3.05) is 18.5 Å². The number of ether oxygens (including phenoxy) is 1. The molecule has 1 saturated heterocycles. The molecule has 0 saturated carbocycles. The molecule has 0 unspecified atom stereocenters. The van der Waals surface area contributed by atoms with E-state index in [1.807, 2.05) is 31.2 Å². The summed E-state index contributed by atoms with van der Waals surface area (Å²) in [6.07, 6.45) is 0.812. The molecule has 0 aliphatic carbocycles. The first-order valence-corrected chi connectivity index (χ1v) is 6.10. The highest BCUT2D eigenvalue weighted by atomic mass is 79.9. The quantitative estimate of drug-likeness (QED) is 0.926. The van der Waals surface area contributed by atoms with Crippen molar-refractivity contribution < 1.29 is 9.53 Å². The maximum absolute atomic E-state index is 12.1. The Bertz CT molecular complexity index is 396. The molecule has 16 heavy (non-hydrogen) atoms. The van der Waals surface area contributed by atoms with E-state index in [1.54, 1.807) is 0 Å². The van der Waals surface area contributed by atoms with Crippen molar-refractivity contribution in [3.8, 4) is 0 Å². The Hall–Kier alpha value is -0.870. The van der Waals surface area contributed by atoms with E-state index < -0.39 is 0 Å². The zero-order valence-corrected chi connectivity index (χ0v) is 10.7. The van der Waals surface area contributed by atoms with E-state index in [2.05, 4.69) is 21.2 Å². The van der Waals surface area contributed by atoms with Crippen molar-refractivity contribution in [2.45, 2.75) is 13.3 Å². The molecule has 86 valence electrons. The molecule has 1 fully saturated rings. The fourth-order valence-corrected chi connectivity index (χ4v) is 2.07. The monoisotopic (exact) mass is 283 g/mol. The Morgan fingerprint density at radius 1 is 1.56 bits per heavy atom. The zero-order valence-electron chi connectivity index (χ0n) is 9.13. The summed E-state index contributed by atoms with van der Waals surface area (Å²) in [5.74, 6) is 0.0550. The van der Waals surface area contributed by atoms with Crippen LogP contribution in [0.4, 0.5) is 5.69 Å². The summed E-state index contributed by atoms with van der Waals surface area (Å²) in [5.41, 5.74) is 0.501. The Labute approximate surface area is 103 Å². The van der Waals surface area contributed by atoms with Crippen LogP contribution in [0.1, 0.15) is 13.3 Å². The number of benzene rings is 1. The van der Waals surface area contributed by atoms with Crippen LogP contribution >= 0.6 is 15.9 Å². The predicted octanol–water partition coefficient (Wildman–Crippen LogP) is 2.81. The van der Waals surface area contributed by atoms with Gasteiger partial charge in [-0.25, -0.2) is 0 Å². The fraction of sp³-hybridized carbons (Fsp3) is 0.417. The second-order valence-corrected chi connectivity index (χ2v) is 5.01. The highest BCUT2D eigenvalue weighted by Crippen LogP contribution is 2.32. The number of hydrogen-bond acceptors (Lipinski definition) is 2. The molecule has 4 heteroatoms. The molecule has 0 atom stereocenters. The number of carbonyl (C=O) groups is 1. The van der Waals surface area contributed by atoms with Crippen molar-refractivity contribution in [2.24, 2.45) is 5.41 Å². The van der Waals surface area contributed by atoms with E-state index in [9.17, 15) is 4.79 Å². The zero-order chi connectivity index (χ0) is 11.6. The molecule has 1 aromatic carbocycles. The molecule has 1 N–H and O–H groups in total. The summed E-state index contributed by atoms with van der Waals surface area (Å²) in [6.45, 7) is 3.08.